The van der Waals surface area contributed by atoms with Crippen LogP contribution in [0.1, 0.15) is 18.9 Å². The van der Waals surface area contributed by atoms with Crippen LogP contribution < -0.4 is 5.32 Å². The second kappa shape index (κ2) is 13.8. The highest BCUT2D eigenvalue weighted by molar-refractivity contribution is 6.25. The van der Waals surface area contributed by atoms with Gasteiger partial charge in [-0.25, -0.2) is 4.79 Å². The number of piperazine rings is 1. The first-order valence-corrected chi connectivity index (χ1v) is 13.2. The Hall–Kier alpha value is -1.42. The number of nitrogens with one attached hydrogen (secondary N) is 1. The predicted molar refractivity (Wildman–Crippen MR) is 136 cm³/mol. The first-order chi connectivity index (χ1) is 16.8. The van der Waals surface area contributed by atoms with Crippen molar-refractivity contribution in [2.24, 2.45) is 5.92 Å². The van der Waals surface area contributed by atoms with Gasteiger partial charge in [0.05, 0.1) is 42.1 Å². The number of amides is 1. The van der Waals surface area contributed by atoms with Gasteiger partial charge in [-0.1, -0.05) is 30.3 Å². The third-order valence-electron chi connectivity index (χ3n) is 6.71. The van der Waals surface area contributed by atoms with E-state index in [0.717, 1.165) is 38.3 Å². The van der Waals surface area contributed by atoms with Crippen molar-refractivity contribution in [1.29, 1.82) is 0 Å². The van der Waals surface area contributed by atoms with Crippen molar-refractivity contribution in [3.05, 3.63) is 35.9 Å². The highest BCUT2D eigenvalue weighted by Gasteiger charge is 2.46. The van der Waals surface area contributed by atoms with E-state index in [4.69, 9.17) is 32.7 Å². The molecule has 6 atom stereocenters. The molecular formula is C25H37Cl2N3O5. The summed E-state index contributed by atoms with van der Waals surface area (Å²) in [5, 5.41) is 12.2. The van der Waals surface area contributed by atoms with Crippen LogP contribution in [0, 0.1) is 5.92 Å². The first kappa shape index (κ1) is 28.2. The molecule has 2 N–H and O–H groups in total. The van der Waals surface area contributed by atoms with E-state index in [1.807, 2.05) is 30.3 Å². The van der Waals surface area contributed by atoms with Crippen molar-refractivity contribution >= 4 is 35.1 Å². The van der Waals surface area contributed by atoms with Crippen LogP contribution in [0.15, 0.2) is 30.3 Å². The molecule has 1 saturated heterocycles. The van der Waals surface area contributed by atoms with Gasteiger partial charge in [-0.2, -0.15) is 0 Å². The lowest BCUT2D eigenvalue weighted by Gasteiger charge is -2.40. The number of carbonyl (C=O) groups is 2. The normalized spacial score (nSPS) is 28.9. The van der Waals surface area contributed by atoms with Crippen molar-refractivity contribution in [3.8, 4) is 0 Å². The lowest BCUT2D eigenvalue weighted by Crippen LogP contribution is -2.56. The van der Waals surface area contributed by atoms with Crippen LogP contribution in [0.5, 0.6) is 0 Å². The Kier molecular flexibility index (Phi) is 11.1. The highest BCUT2D eigenvalue weighted by atomic mass is 35.5. The molecule has 1 heterocycles. The molecule has 196 valence electrons. The lowest BCUT2D eigenvalue weighted by atomic mass is 9.83. The fraction of sp³-hybridized carbons (Fsp3) is 0.680. The average molecular weight is 530 g/mol. The fourth-order valence-corrected chi connectivity index (χ4v) is 5.46. The van der Waals surface area contributed by atoms with Crippen LogP contribution >= 0.6 is 23.2 Å². The Balaban J connectivity index is 1.55. The molecule has 5 unspecified atom stereocenters. The van der Waals surface area contributed by atoms with E-state index < -0.39 is 46.8 Å². The number of aliphatic hydroxyl groups excluding tert-OH is 1. The molecule has 8 nitrogen and oxygen atoms in total. The van der Waals surface area contributed by atoms with E-state index in [-0.39, 0.29) is 19.4 Å². The molecule has 1 aromatic rings. The van der Waals surface area contributed by atoms with Gasteiger partial charge in [0.15, 0.2) is 0 Å². The Labute approximate surface area is 217 Å². The summed E-state index contributed by atoms with van der Waals surface area (Å²) >= 11 is 13.1. The number of hydrogen-bond donors (Lipinski definition) is 2. The van der Waals surface area contributed by atoms with E-state index in [1.54, 1.807) is 6.92 Å². The molecule has 1 saturated carbocycles. The van der Waals surface area contributed by atoms with Gasteiger partial charge >= 0.3 is 5.97 Å². The van der Waals surface area contributed by atoms with Crippen molar-refractivity contribution < 1.29 is 24.2 Å². The highest BCUT2D eigenvalue weighted by Crippen LogP contribution is 2.34. The fourth-order valence-electron chi connectivity index (χ4n) is 4.54. The standard InChI is InChI=1S/C25H37Cl2N3O5/c1-3-34-25(33)20(15-17-7-5-4-6-8-17)28-24(32)18-16-19(26)23(21(27)22(18)31)35-14-13-30-11-9-29(2)10-12-30/h4-8,18-23,31H,3,9-16H2,1-2H3,(H,28,32)/t18?,19?,20-,21?,22?,23?/m0/s1. The number of halogens is 2. The molecule has 2 aliphatic rings. The number of alkyl halides is 2. The molecule has 0 spiro atoms. The Bertz CT molecular complexity index is 810. The summed E-state index contributed by atoms with van der Waals surface area (Å²) in [7, 11) is 2.11. The van der Waals surface area contributed by atoms with Gasteiger partial charge in [-0.15, -0.1) is 23.2 Å². The molecule has 1 amide bonds. The number of hydrogen-bond acceptors (Lipinski definition) is 7. The van der Waals surface area contributed by atoms with E-state index in [9.17, 15) is 14.7 Å². The molecule has 3 rings (SSSR count). The van der Waals surface area contributed by atoms with Gasteiger partial charge in [-0.3, -0.25) is 9.69 Å². The Morgan fingerprint density at radius 1 is 1.17 bits per heavy atom. The lowest BCUT2D eigenvalue weighted by molar-refractivity contribution is -0.149. The van der Waals surface area contributed by atoms with Gasteiger partial charge in [0.1, 0.15) is 6.04 Å². The number of likely N-dealkylation sites (N-methyl/N-ethyl adjacent to an activating group) is 1. The number of esters is 1. The van der Waals surface area contributed by atoms with E-state index in [0.29, 0.717) is 6.61 Å². The molecule has 1 aliphatic carbocycles. The number of aliphatic hydroxyl groups is 1. The maximum atomic E-state index is 13.1. The van der Waals surface area contributed by atoms with Gasteiger partial charge in [-0.05, 0) is 26.0 Å². The Morgan fingerprint density at radius 3 is 2.51 bits per heavy atom. The SMILES string of the molecule is CCOC(=O)[C@H](Cc1ccccc1)NC(=O)C1CC(Cl)C(OCCN2CCN(C)CC2)C(Cl)C1O. The number of carbonyl (C=O) groups excluding carboxylic acids is 2. The first-order valence-electron chi connectivity index (χ1n) is 12.3. The largest absolute Gasteiger partial charge is 0.464 e. The van der Waals surface area contributed by atoms with Crippen molar-refractivity contribution in [2.75, 3.05) is 53.0 Å². The zero-order chi connectivity index (χ0) is 25.4. The number of nitrogens with zero attached hydrogens (tertiary/aromatic N) is 2. The minimum atomic E-state index is -1.15. The smallest absolute Gasteiger partial charge is 0.328 e. The molecule has 0 radical (unpaired) electrons. The second-order valence-electron chi connectivity index (χ2n) is 9.28. The Morgan fingerprint density at radius 2 is 1.86 bits per heavy atom. The summed E-state index contributed by atoms with van der Waals surface area (Å²) < 4.78 is 11.1. The summed E-state index contributed by atoms with van der Waals surface area (Å²) in [4.78, 5) is 30.2. The van der Waals surface area contributed by atoms with E-state index in [2.05, 4.69) is 22.2 Å². The molecular weight excluding hydrogens is 493 g/mol. The minimum absolute atomic E-state index is 0.192. The summed E-state index contributed by atoms with van der Waals surface area (Å²) in [5.74, 6) is -1.85. The van der Waals surface area contributed by atoms with Crippen LogP contribution in [0.2, 0.25) is 0 Å². The van der Waals surface area contributed by atoms with Crippen molar-refractivity contribution in [1.82, 2.24) is 15.1 Å². The average Bonchev–Trinajstić information content (AvgIpc) is 2.85. The van der Waals surface area contributed by atoms with Gasteiger partial charge < -0.3 is 24.8 Å². The van der Waals surface area contributed by atoms with E-state index in [1.165, 1.54) is 0 Å². The maximum absolute atomic E-state index is 13.1. The van der Waals surface area contributed by atoms with Crippen LogP contribution in [-0.2, 0) is 25.5 Å². The predicted octanol–water partition coefficient (Wildman–Crippen LogP) is 1.51. The van der Waals surface area contributed by atoms with Crippen LogP contribution in [0.4, 0.5) is 0 Å². The number of rotatable bonds is 10. The molecule has 1 aliphatic heterocycles. The van der Waals surface area contributed by atoms with Gasteiger partial charge in [0.25, 0.3) is 0 Å². The summed E-state index contributed by atoms with van der Waals surface area (Å²) in [6.45, 7) is 7.13. The summed E-state index contributed by atoms with van der Waals surface area (Å²) in [5.41, 5.74) is 0.884. The third-order valence-corrected chi connectivity index (χ3v) is 7.64. The van der Waals surface area contributed by atoms with Crippen molar-refractivity contribution in [2.45, 2.75) is 48.8 Å². The zero-order valence-electron chi connectivity index (χ0n) is 20.4. The minimum Gasteiger partial charge on any atom is -0.464 e. The zero-order valence-corrected chi connectivity index (χ0v) is 22.0. The monoisotopic (exact) mass is 529 g/mol. The summed E-state index contributed by atoms with van der Waals surface area (Å²) in [6.07, 6.45) is -1.26. The molecule has 0 bridgehead atoms. The second-order valence-corrected chi connectivity index (χ2v) is 10.3. The van der Waals surface area contributed by atoms with Gasteiger partial charge in [0.2, 0.25) is 5.91 Å². The van der Waals surface area contributed by atoms with Crippen molar-refractivity contribution in [3.63, 3.8) is 0 Å². The summed E-state index contributed by atoms with van der Waals surface area (Å²) in [6, 6.07) is 8.49. The van der Waals surface area contributed by atoms with Crippen LogP contribution in [-0.4, -0.2) is 109 Å². The van der Waals surface area contributed by atoms with Crippen LogP contribution in [0.25, 0.3) is 0 Å². The number of benzene rings is 1. The quantitative estimate of drug-likeness (QED) is 0.350. The molecule has 1 aromatic carbocycles. The topological polar surface area (TPSA) is 91.3 Å². The molecule has 35 heavy (non-hydrogen) atoms. The van der Waals surface area contributed by atoms with Crippen LogP contribution in [0.3, 0.4) is 0 Å². The number of ether oxygens (including phenoxy) is 2. The molecule has 0 aromatic heterocycles. The van der Waals surface area contributed by atoms with E-state index >= 15 is 0 Å². The van der Waals surface area contributed by atoms with Gasteiger partial charge in [0, 0.05) is 39.1 Å². The molecule has 2 fully saturated rings. The third kappa shape index (κ3) is 8.03. The molecule has 10 heteroatoms. The maximum Gasteiger partial charge on any atom is 0.328 e.